The fourth-order valence-corrected chi connectivity index (χ4v) is 2.88. The van der Waals surface area contributed by atoms with Gasteiger partial charge in [0.05, 0.1) is 40.1 Å². The number of esters is 1. The van der Waals surface area contributed by atoms with Crippen molar-refractivity contribution in [3.63, 3.8) is 0 Å². The summed E-state index contributed by atoms with van der Waals surface area (Å²) in [6, 6.07) is 11.2. The van der Waals surface area contributed by atoms with Gasteiger partial charge in [-0.25, -0.2) is 4.79 Å². The summed E-state index contributed by atoms with van der Waals surface area (Å²) >= 11 is 0. The van der Waals surface area contributed by atoms with Crippen LogP contribution in [0.1, 0.15) is 23.0 Å². The molecule has 154 valence electrons. The van der Waals surface area contributed by atoms with E-state index in [1.807, 2.05) is 24.3 Å². The first kappa shape index (κ1) is 20.7. The van der Waals surface area contributed by atoms with E-state index in [-0.39, 0.29) is 0 Å². The van der Waals surface area contributed by atoms with E-state index in [1.165, 1.54) is 13.2 Å². The number of benzene rings is 2. The van der Waals surface area contributed by atoms with Gasteiger partial charge in [-0.3, -0.25) is 0 Å². The Morgan fingerprint density at radius 3 is 2.34 bits per heavy atom. The molecular weight excluding hydrogens is 376 g/mol. The van der Waals surface area contributed by atoms with E-state index < -0.39 is 12.3 Å². The topological polar surface area (TPSA) is 72.5 Å². The minimum atomic E-state index is -0.593. The Balaban J connectivity index is 1.93. The molecule has 0 saturated carbocycles. The largest absolute Gasteiger partial charge is 0.497 e. The molecule has 1 saturated heterocycles. The molecule has 7 nitrogen and oxygen atoms in total. The maximum absolute atomic E-state index is 11.6. The predicted octanol–water partition coefficient (Wildman–Crippen LogP) is 3.51. The molecule has 0 spiro atoms. The van der Waals surface area contributed by atoms with Crippen molar-refractivity contribution >= 4 is 12.0 Å². The van der Waals surface area contributed by atoms with Gasteiger partial charge < -0.3 is 28.4 Å². The predicted molar refractivity (Wildman–Crippen MR) is 106 cm³/mol. The summed E-state index contributed by atoms with van der Waals surface area (Å²) in [4.78, 5) is 11.6. The average molecular weight is 400 g/mol. The molecule has 0 unspecified atom stereocenters. The smallest absolute Gasteiger partial charge is 0.330 e. The lowest BCUT2D eigenvalue weighted by Gasteiger charge is -2.19. The molecule has 0 aliphatic carbocycles. The van der Waals surface area contributed by atoms with Gasteiger partial charge in [-0.15, -0.1) is 0 Å². The first-order valence-corrected chi connectivity index (χ1v) is 9.11. The molecule has 3 rings (SSSR count). The number of carbonyl (C=O) groups is 1. The molecule has 29 heavy (non-hydrogen) atoms. The third kappa shape index (κ3) is 5.28. The fourth-order valence-electron chi connectivity index (χ4n) is 2.88. The van der Waals surface area contributed by atoms with Crippen molar-refractivity contribution in [3.8, 4) is 17.2 Å². The number of ether oxygens (including phenoxy) is 6. The Morgan fingerprint density at radius 2 is 1.72 bits per heavy atom. The van der Waals surface area contributed by atoms with E-state index >= 15 is 0 Å². The van der Waals surface area contributed by atoms with Crippen LogP contribution in [0.4, 0.5) is 0 Å². The Bertz CT molecular complexity index is 852. The zero-order chi connectivity index (χ0) is 20.6. The highest BCUT2D eigenvalue weighted by molar-refractivity contribution is 5.87. The van der Waals surface area contributed by atoms with Crippen LogP contribution in [-0.2, 0) is 25.6 Å². The lowest BCUT2D eigenvalue weighted by atomic mass is 10.0. The summed E-state index contributed by atoms with van der Waals surface area (Å²) in [5, 5.41) is 0. The van der Waals surface area contributed by atoms with Gasteiger partial charge in [-0.05, 0) is 35.4 Å². The molecule has 1 heterocycles. The van der Waals surface area contributed by atoms with Gasteiger partial charge in [0.2, 0.25) is 0 Å². The monoisotopic (exact) mass is 400 g/mol. The molecule has 2 aromatic carbocycles. The molecule has 2 aromatic rings. The third-order valence-corrected chi connectivity index (χ3v) is 4.39. The SMILES string of the molecule is COC(=O)/C=C/c1cc(OC)cc(OCc2ccc(OC)cc2)c1C1OCCO1. The molecule has 7 heteroatoms. The molecular formula is C22H24O7. The lowest BCUT2D eigenvalue weighted by Crippen LogP contribution is -2.07. The standard InChI is InChI=1S/C22H24O7/c1-24-17-7-4-15(5-8-17)14-29-19-13-18(25-2)12-16(6-9-20(23)26-3)21(19)22-27-10-11-28-22/h4-9,12-13,22H,10-11,14H2,1-3H3/b9-6+. The summed E-state index contributed by atoms with van der Waals surface area (Å²) in [5.41, 5.74) is 2.35. The van der Waals surface area contributed by atoms with Crippen molar-refractivity contribution in [2.24, 2.45) is 0 Å². The van der Waals surface area contributed by atoms with Gasteiger partial charge in [0.1, 0.15) is 23.9 Å². The summed E-state index contributed by atoms with van der Waals surface area (Å²) < 4.78 is 32.8. The first-order chi connectivity index (χ1) is 14.1. The van der Waals surface area contributed by atoms with Gasteiger partial charge in [0.25, 0.3) is 0 Å². The highest BCUT2D eigenvalue weighted by Crippen LogP contribution is 2.38. The van der Waals surface area contributed by atoms with Gasteiger partial charge >= 0.3 is 5.97 Å². The molecule has 1 fully saturated rings. The van der Waals surface area contributed by atoms with Crippen LogP contribution in [0.15, 0.2) is 42.5 Å². The molecule has 0 amide bonds. The van der Waals surface area contributed by atoms with Gasteiger partial charge in [0.15, 0.2) is 6.29 Å². The Kier molecular flexibility index (Phi) is 7.10. The Hall–Kier alpha value is -3.03. The van der Waals surface area contributed by atoms with Crippen molar-refractivity contribution in [1.82, 2.24) is 0 Å². The fraction of sp³-hybridized carbons (Fsp3) is 0.318. The number of hydrogen-bond donors (Lipinski definition) is 0. The normalized spacial score (nSPS) is 14.2. The van der Waals surface area contributed by atoms with E-state index in [0.29, 0.717) is 42.4 Å². The second kappa shape index (κ2) is 9.95. The minimum absolute atomic E-state index is 0.330. The molecule has 0 bridgehead atoms. The average Bonchev–Trinajstić information content (AvgIpc) is 3.30. The number of hydrogen-bond acceptors (Lipinski definition) is 7. The molecule has 1 aliphatic rings. The van der Waals surface area contributed by atoms with Gasteiger partial charge in [-0.1, -0.05) is 12.1 Å². The van der Waals surface area contributed by atoms with E-state index in [9.17, 15) is 4.79 Å². The van der Waals surface area contributed by atoms with E-state index in [4.69, 9.17) is 23.7 Å². The van der Waals surface area contributed by atoms with Crippen LogP contribution in [0.5, 0.6) is 17.2 Å². The quantitative estimate of drug-likeness (QED) is 0.496. The van der Waals surface area contributed by atoms with Crippen molar-refractivity contribution < 1.29 is 33.2 Å². The summed E-state index contributed by atoms with van der Waals surface area (Å²) in [7, 11) is 4.52. The molecule has 1 aliphatic heterocycles. The summed E-state index contributed by atoms with van der Waals surface area (Å²) in [5.74, 6) is 1.45. The highest BCUT2D eigenvalue weighted by Gasteiger charge is 2.26. The Labute approximate surface area is 169 Å². The minimum Gasteiger partial charge on any atom is -0.497 e. The number of rotatable bonds is 8. The molecule has 0 N–H and O–H groups in total. The van der Waals surface area contributed by atoms with Crippen LogP contribution >= 0.6 is 0 Å². The second-order valence-electron chi connectivity index (χ2n) is 6.20. The van der Waals surface area contributed by atoms with Crippen molar-refractivity contribution in [3.05, 3.63) is 59.2 Å². The van der Waals surface area contributed by atoms with Crippen LogP contribution in [0.25, 0.3) is 6.08 Å². The van der Waals surface area contributed by atoms with Crippen molar-refractivity contribution in [2.45, 2.75) is 12.9 Å². The third-order valence-electron chi connectivity index (χ3n) is 4.39. The summed E-state index contributed by atoms with van der Waals surface area (Å²) in [6.45, 7) is 1.29. The number of methoxy groups -OCH3 is 3. The lowest BCUT2D eigenvalue weighted by molar-refractivity contribution is -0.134. The second-order valence-corrected chi connectivity index (χ2v) is 6.20. The van der Waals surface area contributed by atoms with E-state index in [2.05, 4.69) is 4.74 Å². The van der Waals surface area contributed by atoms with E-state index in [0.717, 1.165) is 11.3 Å². The molecule has 0 atom stereocenters. The molecule has 0 aromatic heterocycles. The van der Waals surface area contributed by atoms with Crippen LogP contribution in [-0.4, -0.2) is 40.5 Å². The highest BCUT2D eigenvalue weighted by atomic mass is 16.7. The van der Waals surface area contributed by atoms with E-state index in [1.54, 1.807) is 32.4 Å². The van der Waals surface area contributed by atoms with Gasteiger partial charge in [-0.2, -0.15) is 0 Å². The maximum atomic E-state index is 11.6. The summed E-state index contributed by atoms with van der Waals surface area (Å²) in [6.07, 6.45) is 2.37. The molecule has 0 radical (unpaired) electrons. The first-order valence-electron chi connectivity index (χ1n) is 9.11. The Morgan fingerprint density at radius 1 is 1.03 bits per heavy atom. The maximum Gasteiger partial charge on any atom is 0.330 e. The van der Waals surface area contributed by atoms with Gasteiger partial charge in [0, 0.05) is 12.1 Å². The van der Waals surface area contributed by atoms with Crippen LogP contribution < -0.4 is 14.2 Å². The van der Waals surface area contributed by atoms with Crippen LogP contribution in [0.2, 0.25) is 0 Å². The zero-order valence-corrected chi connectivity index (χ0v) is 16.7. The van der Waals surface area contributed by atoms with Crippen LogP contribution in [0, 0.1) is 0 Å². The van der Waals surface area contributed by atoms with Crippen LogP contribution in [0.3, 0.4) is 0 Å². The van der Waals surface area contributed by atoms with Crippen molar-refractivity contribution in [2.75, 3.05) is 34.5 Å². The zero-order valence-electron chi connectivity index (χ0n) is 16.7. The number of carbonyl (C=O) groups excluding carboxylic acids is 1. The van der Waals surface area contributed by atoms with Crippen molar-refractivity contribution in [1.29, 1.82) is 0 Å².